The Hall–Kier alpha value is -0.410. The fraction of sp³-hybridized carbons (Fsp3) is 0.571. The van der Waals surface area contributed by atoms with Crippen molar-refractivity contribution in [1.29, 1.82) is 0 Å². The van der Waals surface area contributed by atoms with Crippen molar-refractivity contribution in [2.45, 2.75) is 26.4 Å². The summed E-state index contributed by atoms with van der Waals surface area (Å²) < 4.78 is 0. The van der Waals surface area contributed by atoms with Crippen LogP contribution in [0.4, 0.5) is 0 Å². The normalized spacial score (nSPS) is 12.0. The molecule has 10 heavy (non-hydrogen) atoms. The largest absolute Gasteiger partial charge is 0.383 e. The van der Waals surface area contributed by atoms with Gasteiger partial charge in [-0.3, -0.25) is 0 Å². The number of hydrogen-bond donors (Lipinski definition) is 1. The van der Waals surface area contributed by atoms with E-state index in [0.29, 0.717) is 0 Å². The van der Waals surface area contributed by atoms with Crippen molar-refractivity contribution in [1.82, 2.24) is 4.98 Å². The molecule has 1 aromatic heterocycles. The maximum absolute atomic E-state index is 9.45. The van der Waals surface area contributed by atoms with Gasteiger partial charge in [-0.1, -0.05) is 0 Å². The summed E-state index contributed by atoms with van der Waals surface area (Å²) in [6.45, 7) is 5.46. The van der Waals surface area contributed by atoms with Gasteiger partial charge in [-0.2, -0.15) is 0 Å². The number of aliphatic hydroxyl groups is 1. The second-order valence-corrected chi connectivity index (χ2v) is 4.07. The molecule has 3 heteroatoms. The van der Waals surface area contributed by atoms with E-state index in [1.165, 1.54) is 11.3 Å². The summed E-state index contributed by atoms with van der Waals surface area (Å²) in [5.41, 5.74) is -0.779. The topological polar surface area (TPSA) is 33.1 Å². The average molecular weight is 157 g/mol. The minimum atomic E-state index is -0.779. The van der Waals surface area contributed by atoms with Gasteiger partial charge in [0, 0.05) is 11.1 Å². The quantitative estimate of drug-likeness (QED) is 0.672. The Kier molecular flexibility index (Phi) is 1.79. The van der Waals surface area contributed by atoms with Gasteiger partial charge in [0.15, 0.2) is 0 Å². The summed E-state index contributed by atoms with van der Waals surface area (Å²) in [5.74, 6) is 0. The second kappa shape index (κ2) is 2.32. The zero-order valence-electron chi connectivity index (χ0n) is 6.38. The molecule has 2 nitrogen and oxygen atoms in total. The van der Waals surface area contributed by atoms with Gasteiger partial charge >= 0.3 is 0 Å². The predicted octanol–water partition coefficient (Wildman–Crippen LogP) is 1.68. The third kappa shape index (κ3) is 1.55. The van der Waals surface area contributed by atoms with Crippen LogP contribution < -0.4 is 0 Å². The van der Waals surface area contributed by atoms with Gasteiger partial charge in [0.05, 0.1) is 0 Å². The number of nitrogens with zero attached hydrogens (tertiary/aromatic N) is 1. The Morgan fingerprint density at radius 3 is 2.40 bits per heavy atom. The predicted molar refractivity (Wildman–Crippen MR) is 42.1 cm³/mol. The highest BCUT2D eigenvalue weighted by Gasteiger charge is 2.18. The van der Waals surface area contributed by atoms with E-state index in [1.54, 1.807) is 20.0 Å². The molecule has 0 fully saturated rings. The fourth-order valence-electron chi connectivity index (χ4n) is 0.638. The summed E-state index contributed by atoms with van der Waals surface area (Å²) in [4.78, 5) is 5.19. The van der Waals surface area contributed by atoms with Crippen LogP contribution in [0.25, 0.3) is 0 Å². The smallest absolute Gasteiger partial charge is 0.124 e. The standard InChI is InChI=1S/C7H11NOS/c1-5-4-8-6(10-5)7(2,3)9/h4,9H,1-3H3. The third-order valence-electron chi connectivity index (χ3n) is 1.14. The lowest BCUT2D eigenvalue weighted by Gasteiger charge is -2.11. The van der Waals surface area contributed by atoms with E-state index in [0.717, 1.165) is 9.88 Å². The molecule has 1 heterocycles. The maximum Gasteiger partial charge on any atom is 0.124 e. The minimum Gasteiger partial charge on any atom is -0.383 e. The van der Waals surface area contributed by atoms with Crippen LogP contribution in [0.1, 0.15) is 23.7 Å². The van der Waals surface area contributed by atoms with E-state index in [1.807, 2.05) is 6.92 Å². The van der Waals surface area contributed by atoms with E-state index < -0.39 is 5.60 Å². The van der Waals surface area contributed by atoms with Gasteiger partial charge in [-0.25, -0.2) is 4.98 Å². The van der Waals surface area contributed by atoms with Crippen molar-refractivity contribution in [3.63, 3.8) is 0 Å². The lowest BCUT2D eigenvalue weighted by atomic mass is 10.2. The molecule has 0 aliphatic heterocycles. The minimum absolute atomic E-state index is 0.779. The molecule has 0 aliphatic carbocycles. The Morgan fingerprint density at radius 1 is 1.60 bits per heavy atom. The molecule has 0 unspecified atom stereocenters. The first kappa shape index (κ1) is 7.69. The molecular formula is C7H11NOS. The number of aryl methyl sites for hydroxylation is 1. The van der Waals surface area contributed by atoms with Gasteiger partial charge in [-0.15, -0.1) is 11.3 Å². The Morgan fingerprint density at radius 2 is 2.20 bits per heavy atom. The molecule has 0 saturated heterocycles. The molecule has 56 valence electrons. The summed E-state index contributed by atoms with van der Waals surface area (Å²) >= 11 is 1.53. The van der Waals surface area contributed by atoms with Crippen LogP contribution in [0.2, 0.25) is 0 Å². The molecule has 0 atom stereocenters. The lowest BCUT2D eigenvalue weighted by molar-refractivity contribution is 0.0783. The molecule has 0 bridgehead atoms. The zero-order valence-corrected chi connectivity index (χ0v) is 7.20. The second-order valence-electron chi connectivity index (χ2n) is 2.84. The summed E-state index contributed by atoms with van der Waals surface area (Å²) in [6, 6.07) is 0. The molecule has 1 N–H and O–H groups in total. The summed E-state index contributed by atoms with van der Waals surface area (Å²) in [6.07, 6.45) is 1.78. The van der Waals surface area contributed by atoms with Crippen molar-refractivity contribution in [2.75, 3.05) is 0 Å². The van der Waals surface area contributed by atoms with Gasteiger partial charge < -0.3 is 5.11 Å². The van der Waals surface area contributed by atoms with Gasteiger partial charge in [0.2, 0.25) is 0 Å². The monoisotopic (exact) mass is 157 g/mol. The van der Waals surface area contributed by atoms with E-state index in [4.69, 9.17) is 0 Å². The number of rotatable bonds is 1. The Bertz CT molecular complexity index is 224. The fourth-order valence-corrected chi connectivity index (χ4v) is 1.40. The van der Waals surface area contributed by atoms with E-state index in [2.05, 4.69) is 4.98 Å². The van der Waals surface area contributed by atoms with Crippen molar-refractivity contribution >= 4 is 11.3 Å². The molecule has 0 amide bonds. The molecule has 0 radical (unpaired) electrons. The van der Waals surface area contributed by atoms with Crippen LogP contribution >= 0.6 is 11.3 Å². The molecule has 0 spiro atoms. The van der Waals surface area contributed by atoms with Crippen molar-refractivity contribution in [2.24, 2.45) is 0 Å². The van der Waals surface area contributed by atoms with Crippen molar-refractivity contribution < 1.29 is 5.11 Å². The highest BCUT2D eigenvalue weighted by Crippen LogP contribution is 2.23. The van der Waals surface area contributed by atoms with E-state index >= 15 is 0 Å². The Balaban J connectivity index is 2.96. The van der Waals surface area contributed by atoms with Crippen LogP contribution in [0.15, 0.2) is 6.20 Å². The highest BCUT2D eigenvalue weighted by atomic mass is 32.1. The lowest BCUT2D eigenvalue weighted by Crippen LogP contribution is -2.14. The van der Waals surface area contributed by atoms with E-state index in [-0.39, 0.29) is 0 Å². The van der Waals surface area contributed by atoms with Gasteiger partial charge in [0.25, 0.3) is 0 Å². The Labute approximate surface area is 64.5 Å². The number of hydrogen-bond acceptors (Lipinski definition) is 3. The van der Waals surface area contributed by atoms with Crippen LogP contribution in [-0.4, -0.2) is 10.1 Å². The molecule has 1 rings (SSSR count). The molecule has 0 aromatic carbocycles. The molecule has 0 aliphatic rings. The zero-order chi connectivity index (χ0) is 7.78. The summed E-state index contributed by atoms with van der Waals surface area (Å²) in [7, 11) is 0. The first-order chi connectivity index (χ1) is 4.50. The van der Waals surface area contributed by atoms with Crippen LogP contribution in [0.5, 0.6) is 0 Å². The summed E-state index contributed by atoms with van der Waals surface area (Å²) in [5, 5.41) is 10.2. The maximum atomic E-state index is 9.45. The number of thiazole rings is 1. The first-order valence-corrected chi connectivity index (χ1v) is 3.97. The van der Waals surface area contributed by atoms with Crippen molar-refractivity contribution in [3.05, 3.63) is 16.1 Å². The van der Waals surface area contributed by atoms with Gasteiger partial charge in [0.1, 0.15) is 10.6 Å². The SMILES string of the molecule is Cc1cnc(C(C)(C)O)s1. The van der Waals surface area contributed by atoms with Crippen LogP contribution in [0.3, 0.4) is 0 Å². The van der Waals surface area contributed by atoms with Gasteiger partial charge in [-0.05, 0) is 20.8 Å². The third-order valence-corrected chi connectivity index (χ3v) is 2.37. The molecule has 1 aromatic rings. The van der Waals surface area contributed by atoms with E-state index in [9.17, 15) is 5.11 Å². The highest BCUT2D eigenvalue weighted by molar-refractivity contribution is 7.11. The van der Waals surface area contributed by atoms with Crippen molar-refractivity contribution in [3.8, 4) is 0 Å². The van der Waals surface area contributed by atoms with Crippen LogP contribution in [0, 0.1) is 6.92 Å². The van der Waals surface area contributed by atoms with Crippen LogP contribution in [-0.2, 0) is 5.60 Å². The first-order valence-electron chi connectivity index (χ1n) is 3.15. The molecule has 0 saturated carbocycles. The average Bonchev–Trinajstić information content (AvgIpc) is 2.11. The molecular weight excluding hydrogens is 146 g/mol. The number of aromatic nitrogens is 1.